The van der Waals surface area contributed by atoms with Crippen LogP contribution in [-0.4, -0.2) is 18.3 Å². The summed E-state index contributed by atoms with van der Waals surface area (Å²) in [6.07, 6.45) is 4.29. The third-order valence-corrected chi connectivity index (χ3v) is 4.14. The molecule has 1 aliphatic rings. The highest BCUT2D eigenvalue weighted by Gasteiger charge is 2.23. The fourth-order valence-electron chi connectivity index (χ4n) is 2.67. The highest BCUT2D eigenvalue weighted by atomic mass is 35.5. The van der Waals surface area contributed by atoms with Gasteiger partial charge in [0.15, 0.2) is 6.23 Å². The van der Waals surface area contributed by atoms with Crippen molar-refractivity contribution >= 4 is 17.6 Å². The molecule has 0 aromatic heterocycles. The largest absolute Gasteiger partial charge is 0.471 e. The molecule has 5 heteroatoms. The van der Waals surface area contributed by atoms with Crippen LogP contribution < -0.4 is 15.4 Å². The topological polar surface area (TPSA) is 50.4 Å². The zero-order chi connectivity index (χ0) is 15.2. The first kappa shape index (κ1) is 16.0. The molecule has 116 valence electrons. The molecule has 3 atom stereocenters. The standard InChI is InChI=1S/C16H23ClN2O2/c1-11-5-3-4-6-15(11)19-16(20)18-12(2)21-14-9-7-13(17)8-10-14/h7-12,15H,3-6H2,1-2H3,(H2,18,19,20). The van der Waals surface area contributed by atoms with Gasteiger partial charge in [-0.05, 0) is 49.9 Å². The van der Waals surface area contributed by atoms with Crippen LogP contribution in [0.1, 0.15) is 39.5 Å². The fourth-order valence-corrected chi connectivity index (χ4v) is 2.80. The molecule has 2 N–H and O–H groups in total. The van der Waals surface area contributed by atoms with E-state index in [-0.39, 0.29) is 12.1 Å². The number of ether oxygens (including phenoxy) is 1. The Balaban J connectivity index is 1.77. The van der Waals surface area contributed by atoms with Gasteiger partial charge in [0.25, 0.3) is 0 Å². The minimum Gasteiger partial charge on any atom is -0.471 e. The van der Waals surface area contributed by atoms with Crippen molar-refractivity contribution in [2.24, 2.45) is 5.92 Å². The summed E-state index contributed by atoms with van der Waals surface area (Å²) in [5.74, 6) is 1.22. The molecule has 0 saturated heterocycles. The Bertz CT molecular complexity index is 464. The van der Waals surface area contributed by atoms with Crippen molar-refractivity contribution in [1.82, 2.24) is 10.6 Å². The zero-order valence-electron chi connectivity index (χ0n) is 12.6. The van der Waals surface area contributed by atoms with Gasteiger partial charge in [0.1, 0.15) is 5.75 Å². The third-order valence-electron chi connectivity index (χ3n) is 3.89. The maximum atomic E-state index is 12.0. The van der Waals surface area contributed by atoms with Crippen molar-refractivity contribution in [3.05, 3.63) is 29.3 Å². The first-order valence-electron chi connectivity index (χ1n) is 7.54. The van der Waals surface area contributed by atoms with E-state index in [1.54, 1.807) is 31.2 Å². The van der Waals surface area contributed by atoms with Crippen molar-refractivity contribution in [3.63, 3.8) is 0 Å². The van der Waals surface area contributed by atoms with Crippen LogP contribution in [0.25, 0.3) is 0 Å². The molecule has 1 fully saturated rings. The van der Waals surface area contributed by atoms with Gasteiger partial charge in [-0.25, -0.2) is 4.79 Å². The lowest BCUT2D eigenvalue weighted by Crippen LogP contribution is -2.49. The van der Waals surface area contributed by atoms with Crippen LogP contribution in [0.2, 0.25) is 5.02 Å². The smallest absolute Gasteiger partial charge is 0.317 e. The van der Waals surface area contributed by atoms with Gasteiger partial charge in [0.2, 0.25) is 0 Å². The van der Waals surface area contributed by atoms with Gasteiger partial charge in [-0.1, -0.05) is 31.4 Å². The summed E-state index contributed by atoms with van der Waals surface area (Å²) in [6, 6.07) is 7.17. The van der Waals surface area contributed by atoms with Gasteiger partial charge in [-0.3, -0.25) is 0 Å². The quantitative estimate of drug-likeness (QED) is 0.828. The summed E-state index contributed by atoms with van der Waals surface area (Å²) in [7, 11) is 0. The number of halogens is 1. The molecule has 0 bridgehead atoms. The maximum absolute atomic E-state index is 12.0. The van der Waals surface area contributed by atoms with Gasteiger partial charge >= 0.3 is 6.03 Å². The maximum Gasteiger partial charge on any atom is 0.317 e. The lowest BCUT2D eigenvalue weighted by atomic mass is 9.86. The van der Waals surface area contributed by atoms with Gasteiger partial charge in [-0.2, -0.15) is 0 Å². The van der Waals surface area contributed by atoms with E-state index in [0.29, 0.717) is 16.7 Å². The lowest BCUT2D eigenvalue weighted by molar-refractivity contribution is 0.170. The Morgan fingerprint density at radius 1 is 1.29 bits per heavy atom. The van der Waals surface area contributed by atoms with Gasteiger partial charge in [-0.15, -0.1) is 0 Å². The molecule has 4 nitrogen and oxygen atoms in total. The van der Waals surface area contributed by atoms with E-state index in [9.17, 15) is 4.79 Å². The van der Waals surface area contributed by atoms with Crippen LogP contribution in [0.3, 0.4) is 0 Å². The summed E-state index contributed by atoms with van der Waals surface area (Å²) in [5.41, 5.74) is 0. The third kappa shape index (κ3) is 5.12. The number of benzene rings is 1. The van der Waals surface area contributed by atoms with E-state index in [2.05, 4.69) is 17.6 Å². The van der Waals surface area contributed by atoms with Crippen LogP contribution in [0, 0.1) is 5.92 Å². The number of hydrogen-bond acceptors (Lipinski definition) is 2. The Kier molecular flexibility index (Phi) is 5.74. The molecule has 1 aromatic carbocycles. The van der Waals surface area contributed by atoms with Crippen molar-refractivity contribution < 1.29 is 9.53 Å². The second-order valence-corrected chi connectivity index (χ2v) is 6.14. The molecule has 1 aliphatic carbocycles. The second kappa shape index (κ2) is 7.55. The Labute approximate surface area is 131 Å². The first-order valence-corrected chi connectivity index (χ1v) is 7.91. The minimum absolute atomic E-state index is 0.171. The number of carbonyl (C=O) groups excluding carboxylic acids is 1. The number of amides is 2. The van der Waals surface area contributed by atoms with Crippen LogP contribution in [0.4, 0.5) is 4.79 Å². The Hall–Kier alpha value is -1.42. The van der Waals surface area contributed by atoms with Crippen LogP contribution >= 0.6 is 11.6 Å². The molecule has 0 aliphatic heterocycles. The molecule has 2 rings (SSSR count). The van der Waals surface area contributed by atoms with Crippen molar-refractivity contribution in [1.29, 1.82) is 0 Å². The molecule has 0 spiro atoms. The summed E-state index contributed by atoms with van der Waals surface area (Å²) in [5, 5.41) is 6.51. The van der Waals surface area contributed by atoms with E-state index in [1.807, 2.05) is 0 Å². The Morgan fingerprint density at radius 3 is 2.62 bits per heavy atom. The van der Waals surface area contributed by atoms with E-state index >= 15 is 0 Å². The number of urea groups is 1. The van der Waals surface area contributed by atoms with Crippen LogP contribution in [-0.2, 0) is 0 Å². The fraction of sp³-hybridized carbons (Fsp3) is 0.562. The number of carbonyl (C=O) groups is 1. The highest BCUT2D eigenvalue weighted by molar-refractivity contribution is 6.30. The molecule has 1 aromatic rings. The van der Waals surface area contributed by atoms with Crippen LogP contribution in [0.15, 0.2) is 24.3 Å². The van der Waals surface area contributed by atoms with Crippen molar-refractivity contribution in [2.45, 2.75) is 51.8 Å². The summed E-state index contributed by atoms with van der Waals surface area (Å²) in [6.45, 7) is 4.00. The molecule has 2 amide bonds. The van der Waals surface area contributed by atoms with E-state index < -0.39 is 6.23 Å². The monoisotopic (exact) mass is 310 g/mol. The lowest BCUT2D eigenvalue weighted by Gasteiger charge is -2.30. The molecule has 1 saturated carbocycles. The predicted octanol–water partition coefficient (Wildman–Crippen LogP) is 3.94. The van der Waals surface area contributed by atoms with Gasteiger partial charge in [0.05, 0.1) is 0 Å². The molecule has 0 radical (unpaired) electrons. The summed E-state index contributed by atoms with van der Waals surface area (Å²) >= 11 is 5.82. The number of hydrogen-bond donors (Lipinski definition) is 2. The molecule has 21 heavy (non-hydrogen) atoms. The normalized spacial score (nSPS) is 23.2. The highest BCUT2D eigenvalue weighted by Crippen LogP contribution is 2.23. The predicted molar refractivity (Wildman–Crippen MR) is 84.6 cm³/mol. The van der Waals surface area contributed by atoms with Crippen molar-refractivity contribution in [3.8, 4) is 5.75 Å². The summed E-state index contributed by atoms with van der Waals surface area (Å²) < 4.78 is 5.63. The molecular formula is C16H23ClN2O2. The summed E-state index contributed by atoms with van der Waals surface area (Å²) in [4.78, 5) is 12.0. The first-order chi connectivity index (χ1) is 10.0. The Morgan fingerprint density at radius 2 is 1.95 bits per heavy atom. The average molecular weight is 311 g/mol. The molecule has 3 unspecified atom stereocenters. The SMILES string of the molecule is CC(NC(=O)NC1CCCCC1C)Oc1ccc(Cl)cc1. The van der Waals surface area contributed by atoms with Gasteiger partial charge in [0, 0.05) is 11.1 Å². The molecule has 0 heterocycles. The zero-order valence-corrected chi connectivity index (χ0v) is 13.3. The minimum atomic E-state index is -0.398. The van der Waals surface area contributed by atoms with E-state index in [0.717, 1.165) is 6.42 Å². The van der Waals surface area contributed by atoms with Gasteiger partial charge < -0.3 is 15.4 Å². The number of nitrogens with one attached hydrogen (secondary N) is 2. The molecular weight excluding hydrogens is 288 g/mol. The van der Waals surface area contributed by atoms with E-state index in [4.69, 9.17) is 16.3 Å². The average Bonchev–Trinajstić information content (AvgIpc) is 2.44. The van der Waals surface area contributed by atoms with Crippen LogP contribution in [0.5, 0.6) is 5.75 Å². The van der Waals surface area contributed by atoms with E-state index in [1.165, 1.54) is 19.3 Å². The second-order valence-electron chi connectivity index (χ2n) is 5.70. The van der Waals surface area contributed by atoms with Crippen molar-refractivity contribution in [2.75, 3.05) is 0 Å². The number of rotatable bonds is 4.